The minimum absolute atomic E-state index is 0.103. The average molecular weight is 223 g/mol. The van der Waals surface area contributed by atoms with Crippen molar-refractivity contribution in [2.75, 3.05) is 5.73 Å². The van der Waals surface area contributed by atoms with Crippen LogP contribution in [0.3, 0.4) is 0 Å². The Balaban J connectivity index is 2.69. The second kappa shape index (κ2) is 4.79. The number of H-pyrrole nitrogens is 1. The van der Waals surface area contributed by atoms with Crippen LogP contribution in [0.1, 0.15) is 17.0 Å². The number of aromatic amines is 1. The highest BCUT2D eigenvalue weighted by Crippen LogP contribution is 1.96. The third-order valence-corrected chi connectivity index (χ3v) is 1.64. The lowest BCUT2D eigenvalue weighted by molar-refractivity contribution is -0.139. The zero-order valence-corrected chi connectivity index (χ0v) is 8.10. The molecule has 1 unspecified atom stereocenters. The van der Waals surface area contributed by atoms with Gasteiger partial charge < -0.3 is 16.2 Å². The summed E-state index contributed by atoms with van der Waals surface area (Å²) in [6, 6.07) is -1.16. The van der Waals surface area contributed by atoms with E-state index in [9.17, 15) is 9.59 Å². The Hall–Kier alpha value is -2.56. The van der Waals surface area contributed by atoms with Crippen molar-refractivity contribution in [3.8, 4) is 12.3 Å². The van der Waals surface area contributed by atoms with Gasteiger partial charge in [-0.25, -0.2) is 4.79 Å². The van der Waals surface area contributed by atoms with Gasteiger partial charge in [-0.15, -0.1) is 17.4 Å². The lowest BCUT2D eigenvalue weighted by atomic mass is 10.2. The second-order valence-electron chi connectivity index (χ2n) is 2.81. The Morgan fingerprint density at radius 1 is 1.69 bits per heavy atom. The highest BCUT2D eigenvalue weighted by Gasteiger charge is 2.21. The van der Waals surface area contributed by atoms with E-state index >= 15 is 0 Å². The van der Waals surface area contributed by atoms with E-state index < -0.39 is 17.9 Å². The number of aliphatic carboxylic acids is 1. The smallest absolute Gasteiger partial charge is 0.327 e. The summed E-state index contributed by atoms with van der Waals surface area (Å²) in [5.74, 6) is -0.0772. The number of aromatic nitrogens is 3. The van der Waals surface area contributed by atoms with Crippen molar-refractivity contribution >= 4 is 17.8 Å². The standard InChI is InChI=1S/C8H9N5O3/c1-2-3-4(7(15)16)10-6(14)5-11-8(9)13-12-5/h1,4H,3H2,(H,10,14)(H,15,16)(H3,9,11,12,13). The van der Waals surface area contributed by atoms with Gasteiger partial charge in [0.2, 0.25) is 11.8 Å². The summed E-state index contributed by atoms with van der Waals surface area (Å²) in [7, 11) is 0. The molecule has 0 saturated heterocycles. The number of nitrogens with two attached hydrogens (primary N) is 1. The molecule has 0 aliphatic heterocycles. The zero-order chi connectivity index (χ0) is 12.1. The first-order valence-corrected chi connectivity index (χ1v) is 4.19. The predicted molar refractivity (Wildman–Crippen MR) is 53.1 cm³/mol. The van der Waals surface area contributed by atoms with E-state index in [0.29, 0.717) is 0 Å². The van der Waals surface area contributed by atoms with Gasteiger partial charge >= 0.3 is 5.97 Å². The molecule has 0 aliphatic rings. The number of hydrogen-bond donors (Lipinski definition) is 4. The normalized spacial score (nSPS) is 11.4. The van der Waals surface area contributed by atoms with Crippen LogP contribution in [0.4, 0.5) is 5.95 Å². The maximum atomic E-state index is 11.4. The third kappa shape index (κ3) is 2.71. The van der Waals surface area contributed by atoms with Crippen LogP contribution in [0.25, 0.3) is 0 Å². The Kier molecular flexibility index (Phi) is 3.45. The molecule has 1 aromatic rings. The average Bonchev–Trinajstić information content (AvgIpc) is 2.64. The van der Waals surface area contributed by atoms with Crippen molar-refractivity contribution in [3.05, 3.63) is 5.82 Å². The highest BCUT2D eigenvalue weighted by molar-refractivity contribution is 5.93. The van der Waals surface area contributed by atoms with Crippen LogP contribution in [0.2, 0.25) is 0 Å². The number of nitrogen functional groups attached to an aromatic ring is 1. The Morgan fingerprint density at radius 2 is 2.38 bits per heavy atom. The van der Waals surface area contributed by atoms with Gasteiger partial charge in [-0.1, -0.05) is 0 Å². The van der Waals surface area contributed by atoms with E-state index in [0.717, 1.165) is 0 Å². The second-order valence-corrected chi connectivity index (χ2v) is 2.81. The first-order valence-electron chi connectivity index (χ1n) is 4.19. The summed E-state index contributed by atoms with van der Waals surface area (Å²) in [6.07, 6.45) is 4.84. The molecule has 5 N–H and O–H groups in total. The number of rotatable bonds is 4. The summed E-state index contributed by atoms with van der Waals surface area (Å²) in [5.41, 5.74) is 5.18. The number of carboxylic acid groups (broad SMARTS) is 1. The van der Waals surface area contributed by atoms with Gasteiger partial charge in [-0.2, -0.15) is 4.98 Å². The lowest BCUT2D eigenvalue weighted by Crippen LogP contribution is -2.40. The van der Waals surface area contributed by atoms with E-state index in [2.05, 4.69) is 26.4 Å². The van der Waals surface area contributed by atoms with E-state index in [1.165, 1.54) is 0 Å². The Bertz CT molecular complexity index is 447. The number of amides is 1. The maximum Gasteiger partial charge on any atom is 0.327 e. The van der Waals surface area contributed by atoms with Crippen molar-refractivity contribution in [3.63, 3.8) is 0 Å². The molecule has 0 bridgehead atoms. The molecule has 8 heteroatoms. The zero-order valence-electron chi connectivity index (χ0n) is 8.10. The molecule has 8 nitrogen and oxygen atoms in total. The monoisotopic (exact) mass is 223 g/mol. The van der Waals surface area contributed by atoms with Crippen LogP contribution < -0.4 is 11.1 Å². The number of terminal acetylenes is 1. The van der Waals surface area contributed by atoms with Gasteiger partial charge in [-0.3, -0.25) is 9.89 Å². The first-order chi connectivity index (χ1) is 7.54. The highest BCUT2D eigenvalue weighted by atomic mass is 16.4. The molecule has 0 spiro atoms. The van der Waals surface area contributed by atoms with Crippen molar-refractivity contribution in [1.29, 1.82) is 0 Å². The van der Waals surface area contributed by atoms with Crippen LogP contribution in [0.15, 0.2) is 0 Å². The van der Waals surface area contributed by atoms with Gasteiger partial charge in [0.25, 0.3) is 5.91 Å². The molecule has 0 aliphatic carbocycles. The Labute approximate surface area is 90.2 Å². The molecule has 0 aromatic carbocycles. The number of anilines is 1. The number of carbonyl (C=O) groups excluding carboxylic acids is 1. The summed E-state index contributed by atoms with van der Waals surface area (Å²) >= 11 is 0. The first kappa shape index (κ1) is 11.5. The number of nitrogens with one attached hydrogen (secondary N) is 2. The van der Waals surface area contributed by atoms with Crippen molar-refractivity contribution in [2.45, 2.75) is 12.5 Å². The van der Waals surface area contributed by atoms with Crippen LogP contribution >= 0.6 is 0 Å². The van der Waals surface area contributed by atoms with Gasteiger partial charge in [0.15, 0.2) is 0 Å². The fraction of sp³-hybridized carbons (Fsp3) is 0.250. The molecule has 1 atom stereocenters. The number of carbonyl (C=O) groups is 2. The molecular formula is C8H9N5O3. The fourth-order valence-corrected chi connectivity index (χ4v) is 0.921. The number of carboxylic acids is 1. The third-order valence-electron chi connectivity index (χ3n) is 1.64. The summed E-state index contributed by atoms with van der Waals surface area (Å²) in [6.45, 7) is 0. The van der Waals surface area contributed by atoms with Crippen LogP contribution in [-0.2, 0) is 4.79 Å². The maximum absolute atomic E-state index is 11.4. The van der Waals surface area contributed by atoms with Crippen molar-refractivity contribution in [2.24, 2.45) is 0 Å². The largest absolute Gasteiger partial charge is 0.480 e. The molecule has 1 amide bonds. The van der Waals surface area contributed by atoms with E-state index in [-0.39, 0.29) is 18.2 Å². The Morgan fingerprint density at radius 3 is 2.81 bits per heavy atom. The van der Waals surface area contributed by atoms with Crippen LogP contribution in [0.5, 0.6) is 0 Å². The predicted octanol–water partition coefficient (Wildman–Crippen LogP) is -1.41. The minimum atomic E-state index is -1.22. The minimum Gasteiger partial charge on any atom is -0.480 e. The van der Waals surface area contributed by atoms with Crippen molar-refractivity contribution < 1.29 is 14.7 Å². The molecule has 1 aromatic heterocycles. The molecule has 0 saturated carbocycles. The fourth-order valence-electron chi connectivity index (χ4n) is 0.921. The molecule has 1 rings (SSSR count). The van der Waals surface area contributed by atoms with E-state index in [4.69, 9.17) is 17.3 Å². The molecular weight excluding hydrogens is 214 g/mol. The van der Waals surface area contributed by atoms with Gasteiger partial charge in [-0.05, 0) is 0 Å². The quantitative estimate of drug-likeness (QED) is 0.463. The van der Waals surface area contributed by atoms with E-state index in [1.54, 1.807) is 0 Å². The lowest BCUT2D eigenvalue weighted by Gasteiger charge is -2.09. The van der Waals surface area contributed by atoms with E-state index in [1.807, 2.05) is 0 Å². The van der Waals surface area contributed by atoms with Gasteiger partial charge in [0.1, 0.15) is 6.04 Å². The SMILES string of the molecule is C#CCC(NC(=O)c1nc(N)n[nH]1)C(=O)O. The summed E-state index contributed by atoms with van der Waals surface area (Å²) < 4.78 is 0. The van der Waals surface area contributed by atoms with Crippen molar-refractivity contribution in [1.82, 2.24) is 20.5 Å². The van der Waals surface area contributed by atoms with Crippen LogP contribution in [-0.4, -0.2) is 38.2 Å². The molecule has 0 radical (unpaired) electrons. The molecule has 84 valence electrons. The van der Waals surface area contributed by atoms with Crippen LogP contribution in [0, 0.1) is 12.3 Å². The molecule has 16 heavy (non-hydrogen) atoms. The topological polar surface area (TPSA) is 134 Å². The molecule has 1 heterocycles. The summed E-state index contributed by atoms with van der Waals surface area (Å²) in [5, 5.41) is 16.6. The van der Waals surface area contributed by atoms with Gasteiger partial charge in [0.05, 0.1) is 0 Å². The summed E-state index contributed by atoms with van der Waals surface area (Å²) in [4.78, 5) is 25.6. The number of nitrogens with zero attached hydrogens (tertiary/aromatic N) is 2. The van der Waals surface area contributed by atoms with Gasteiger partial charge in [0, 0.05) is 6.42 Å². The number of hydrogen-bond acceptors (Lipinski definition) is 5. The molecule has 0 fully saturated rings.